The third kappa shape index (κ3) is 5.11. The lowest BCUT2D eigenvalue weighted by Gasteiger charge is -2.16. The molecule has 0 spiro atoms. The van der Waals surface area contributed by atoms with Crippen LogP contribution in [0.3, 0.4) is 0 Å². The van der Waals surface area contributed by atoms with Gasteiger partial charge in [-0.1, -0.05) is 19.4 Å². The van der Waals surface area contributed by atoms with Crippen molar-refractivity contribution in [1.29, 1.82) is 0 Å². The zero-order chi connectivity index (χ0) is 19.1. The van der Waals surface area contributed by atoms with E-state index in [0.717, 1.165) is 41.6 Å². The number of rotatable bonds is 9. The summed E-state index contributed by atoms with van der Waals surface area (Å²) >= 11 is 0. The summed E-state index contributed by atoms with van der Waals surface area (Å²) in [6.07, 6.45) is 4.33. The standard InChI is InChI=1S/C22H27N3O2/c1-4-5-13-25(2)16-18-15-23-24-22(18)17-9-11-19(12-10-17)27-21-8-6-7-20(14-21)26-3/h6-12,14-15H,4-5,13,16H2,1-3H3,(H,23,24). The van der Waals surface area contributed by atoms with E-state index in [9.17, 15) is 0 Å². The molecule has 27 heavy (non-hydrogen) atoms. The molecule has 1 heterocycles. The fourth-order valence-electron chi connectivity index (χ4n) is 2.97. The number of hydrogen-bond acceptors (Lipinski definition) is 4. The molecule has 0 aliphatic heterocycles. The number of unbranched alkanes of at least 4 members (excludes halogenated alkanes) is 1. The minimum Gasteiger partial charge on any atom is -0.497 e. The van der Waals surface area contributed by atoms with Crippen LogP contribution in [-0.4, -0.2) is 35.8 Å². The zero-order valence-electron chi connectivity index (χ0n) is 16.2. The summed E-state index contributed by atoms with van der Waals surface area (Å²) in [6, 6.07) is 15.6. The second-order valence-electron chi connectivity index (χ2n) is 6.67. The van der Waals surface area contributed by atoms with Gasteiger partial charge in [-0.25, -0.2) is 0 Å². The third-order valence-corrected chi connectivity index (χ3v) is 4.47. The lowest BCUT2D eigenvalue weighted by atomic mass is 10.1. The van der Waals surface area contributed by atoms with Gasteiger partial charge < -0.3 is 14.4 Å². The Morgan fingerprint density at radius 2 is 1.81 bits per heavy atom. The molecule has 142 valence electrons. The molecule has 2 aromatic carbocycles. The van der Waals surface area contributed by atoms with Gasteiger partial charge in [0.05, 0.1) is 19.0 Å². The Hall–Kier alpha value is -2.79. The smallest absolute Gasteiger partial charge is 0.131 e. The van der Waals surface area contributed by atoms with E-state index in [1.54, 1.807) is 7.11 Å². The quantitative estimate of drug-likeness (QED) is 0.572. The summed E-state index contributed by atoms with van der Waals surface area (Å²) in [5.74, 6) is 2.31. The van der Waals surface area contributed by atoms with Gasteiger partial charge in [-0.3, -0.25) is 5.10 Å². The Balaban J connectivity index is 1.69. The number of aromatic amines is 1. The van der Waals surface area contributed by atoms with Crippen molar-refractivity contribution >= 4 is 0 Å². The second-order valence-corrected chi connectivity index (χ2v) is 6.67. The van der Waals surface area contributed by atoms with E-state index < -0.39 is 0 Å². The highest BCUT2D eigenvalue weighted by atomic mass is 16.5. The van der Waals surface area contributed by atoms with Crippen LogP contribution in [0.1, 0.15) is 25.3 Å². The van der Waals surface area contributed by atoms with E-state index >= 15 is 0 Å². The van der Waals surface area contributed by atoms with E-state index in [1.807, 2.05) is 42.6 Å². The van der Waals surface area contributed by atoms with E-state index in [0.29, 0.717) is 0 Å². The Morgan fingerprint density at radius 1 is 1.04 bits per heavy atom. The zero-order valence-corrected chi connectivity index (χ0v) is 16.2. The Morgan fingerprint density at radius 3 is 2.56 bits per heavy atom. The fourth-order valence-corrected chi connectivity index (χ4v) is 2.97. The van der Waals surface area contributed by atoms with Crippen LogP contribution in [0, 0.1) is 0 Å². The van der Waals surface area contributed by atoms with E-state index in [4.69, 9.17) is 9.47 Å². The molecule has 0 amide bonds. The van der Waals surface area contributed by atoms with Crippen molar-refractivity contribution in [2.45, 2.75) is 26.3 Å². The summed E-state index contributed by atoms with van der Waals surface area (Å²) in [5, 5.41) is 7.38. The van der Waals surface area contributed by atoms with Gasteiger partial charge in [-0.05, 0) is 56.4 Å². The van der Waals surface area contributed by atoms with Crippen LogP contribution in [0.15, 0.2) is 54.7 Å². The summed E-state index contributed by atoms with van der Waals surface area (Å²) in [7, 11) is 3.80. The average molecular weight is 365 g/mol. The molecule has 3 rings (SSSR count). The maximum absolute atomic E-state index is 5.92. The van der Waals surface area contributed by atoms with Gasteiger partial charge in [0.2, 0.25) is 0 Å². The molecule has 1 N–H and O–H groups in total. The second kappa shape index (κ2) is 9.24. The van der Waals surface area contributed by atoms with Crippen LogP contribution < -0.4 is 9.47 Å². The highest BCUT2D eigenvalue weighted by molar-refractivity contribution is 5.63. The molecule has 5 nitrogen and oxygen atoms in total. The molecular weight excluding hydrogens is 338 g/mol. The Bertz CT molecular complexity index is 843. The first-order valence-corrected chi connectivity index (χ1v) is 9.32. The maximum atomic E-state index is 5.92. The number of aromatic nitrogens is 2. The maximum Gasteiger partial charge on any atom is 0.131 e. The topological polar surface area (TPSA) is 50.4 Å². The SMILES string of the molecule is CCCCN(C)Cc1cn[nH]c1-c1ccc(Oc2cccc(OC)c2)cc1. The predicted octanol–water partition coefficient (Wildman–Crippen LogP) is 5.11. The van der Waals surface area contributed by atoms with Crippen LogP contribution in [0.2, 0.25) is 0 Å². The first-order chi connectivity index (χ1) is 13.2. The van der Waals surface area contributed by atoms with Gasteiger partial charge in [0.1, 0.15) is 17.2 Å². The monoisotopic (exact) mass is 365 g/mol. The van der Waals surface area contributed by atoms with Crippen molar-refractivity contribution in [3.05, 3.63) is 60.3 Å². The minimum absolute atomic E-state index is 0.752. The molecule has 0 aliphatic rings. The molecule has 0 bridgehead atoms. The lowest BCUT2D eigenvalue weighted by Crippen LogP contribution is -2.19. The van der Waals surface area contributed by atoms with Crippen LogP contribution in [-0.2, 0) is 6.54 Å². The van der Waals surface area contributed by atoms with Crippen molar-refractivity contribution in [3.63, 3.8) is 0 Å². The number of ether oxygens (including phenoxy) is 2. The van der Waals surface area contributed by atoms with Crippen molar-refractivity contribution in [1.82, 2.24) is 15.1 Å². The molecule has 0 unspecified atom stereocenters. The Kier molecular flexibility index (Phi) is 6.49. The number of hydrogen-bond donors (Lipinski definition) is 1. The molecular formula is C22H27N3O2. The van der Waals surface area contributed by atoms with Crippen LogP contribution >= 0.6 is 0 Å². The number of benzene rings is 2. The Labute approximate surface area is 160 Å². The average Bonchev–Trinajstić information content (AvgIpc) is 3.15. The normalized spacial score (nSPS) is 11.0. The first kappa shape index (κ1) is 19.0. The molecule has 0 aliphatic carbocycles. The van der Waals surface area contributed by atoms with Gasteiger partial charge in [0.25, 0.3) is 0 Å². The molecule has 0 saturated carbocycles. The molecule has 5 heteroatoms. The number of nitrogens with zero attached hydrogens (tertiary/aromatic N) is 2. The molecule has 1 aromatic heterocycles. The van der Waals surface area contributed by atoms with Crippen molar-refractivity contribution in [3.8, 4) is 28.5 Å². The first-order valence-electron chi connectivity index (χ1n) is 9.32. The summed E-state index contributed by atoms with van der Waals surface area (Å²) in [4.78, 5) is 2.33. The van der Waals surface area contributed by atoms with Crippen molar-refractivity contribution < 1.29 is 9.47 Å². The van der Waals surface area contributed by atoms with Crippen LogP contribution in [0.4, 0.5) is 0 Å². The number of H-pyrrole nitrogens is 1. The number of nitrogens with one attached hydrogen (secondary N) is 1. The van der Waals surface area contributed by atoms with Crippen LogP contribution in [0.25, 0.3) is 11.3 Å². The van der Waals surface area contributed by atoms with Gasteiger partial charge >= 0.3 is 0 Å². The van der Waals surface area contributed by atoms with E-state index in [-0.39, 0.29) is 0 Å². The highest BCUT2D eigenvalue weighted by Gasteiger charge is 2.10. The predicted molar refractivity (Wildman–Crippen MR) is 108 cm³/mol. The third-order valence-electron chi connectivity index (χ3n) is 4.47. The molecule has 0 radical (unpaired) electrons. The number of methoxy groups -OCH3 is 1. The van der Waals surface area contributed by atoms with E-state index in [1.165, 1.54) is 18.4 Å². The highest BCUT2D eigenvalue weighted by Crippen LogP contribution is 2.28. The lowest BCUT2D eigenvalue weighted by molar-refractivity contribution is 0.321. The summed E-state index contributed by atoms with van der Waals surface area (Å²) < 4.78 is 11.2. The van der Waals surface area contributed by atoms with Gasteiger partial charge in [-0.2, -0.15) is 5.10 Å². The van der Waals surface area contributed by atoms with Gasteiger partial charge in [0, 0.05) is 23.7 Å². The summed E-state index contributed by atoms with van der Waals surface area (Å²) in [5.41, 5.74) is 3.37. The van der Waals surface area contributed by atoms with Crippen molar-refractivity contribution in [2.24, 2.45) is 0 Å². The van der Waals surface area contributed by atoms with Gasteiger partial charge in [0.15, 0.2) is 0 Å². The summed E-state index contributed by atoms with van der Waals surface area (Å²) in [6.45, 7) is 4.19. The largest absolute Gasteiger partial charge is 0.497 e. The van der Waals surface area contributed by atoms with Gasteiger partial charge in [-0.15, -0.1) is 0 Å². The molecule has 0 atom stereocenters. The molecule has 0 saturated heterocycles. The van der Waals surface area contributed by atoms with Crippen molar-refractivity contribution in [2.75, 3.05) is 20.7 Å². The van der Waals surface area contributed by atoms with Crippen LogP contribution in [0.5, 0.6) is 17.2 Å². The molecule has 0 fully saturated rings. The minimum atomic E-state index is 0.752. The fraction of sp³-hybridized carbons (Fsp3) is 0.318. The van der Waals surface area contributed by atoms with E-state index in [2.05, 4.69) is 41.2 Å². The molecule has 3 aromatic rings.